The zero-order valence-electron chi connectivity index (χ0n) is 23.5. The molecule has 230 valence electrons. The van der Waals surface area contributed by atoms with Gasteiger partial charge in [-0.2, -0.15) is 13.2 Å². The van der Waals surface area contributed by atoms with Crippen molar-refractivity contribution in [3.05, 3.63) is 136 Å². The zero-order chi connectivity index (χ0) is 32.0. The molecule has 4 heterocycles. The van der Waals surface area contributed by atoms with Gasteiger partial charge in [0.05, 0.1) is 48.1 Å². The van der Waals surface area contributed by atoms with Crippen molar-refractivity contribution in [1.82, 2.24) is 44.1 Å². The van der Waals surface area contributed by atoms with Crippen molar-refractivity contribution in [2.45, 2.75) is 19.3 Å². The summed E-state index contributed by atoms with van der Waals surface area (Å²) in [7, 11) is 0. The molecule has 4 aromatic heterocycles. The van der Waals surface area contributed by atoms with Gasteiger partial charge in [-0.25, -0.2) is 27.9 Å². The quantitative estimate of drug-likeness (QED) is 0.218. The molecule has 15 heteroatoms. The third-order valence-corrected chi connectivity index (χ3v) is 7.20. The van der Waals surface area contributed by atoms with Crippen molar-refractivity contribution >= 4 is 11.2 Å². The van der Waals surface area contributed by atoms with Crippen molar-refractivity contribution in [3.63, 3.8) is 0 Å². The summed E-state index contributed by atoms with van der Waals surface area (Å²) in [5.74, 6) is -1.02. The highest BCUT2D eigenvalue weighted by molar-refractivity contribution is 5.81. The maximum Gasteiger partial charge on any atom is 0.418 e. The van der Waals surface area contributed by atoms with E-state index in [1.54, 1.807) is 42.5 Å². The fraction of sp³-hybridized carbons (Fsp3) is 0.0968. The molecule has 0 aliphatic heterocycles. The lowest BCUT2D eigenvalue weighted by atomic mass is 10.1. The van der Waals surface area contributed by atoms with Gasteiger partial charge in [-0.05, 0) is 42.5 Å². The average molecular weight is 630 g/mol. The monoisotopic (exact) mass is 629 g/mol. The molecular weight excluding hydrogens is 609 g/mol. The first-order valence-corrected chi connectivity index (χ1v) is 13.7. The van der Waals surface area contributed by atoms with Crippen LogP contribution >= 0.6 is 0 Å². The predicted molar refractivity (Wildman–Crippen MR) is 155 cm³/mol. The van der Waals surface area contributed by atoms with Crippen LogP contribution in [-0.2, 0) is 19.3 Å². The number of rotatable bonds is 7. The molecule has 0 bridgehead atoms. The van der Waals surface area contributed by atoms with Crippen molar-refractivity contribution in [2.24, 2.45) is 0 Å². The molecule has 7 aromatic rings. The molecule has 0 N–H and O–H groups in total. The number of halogens is 5. The Morgan fingerprint density at radius 1 is 0.674 bits per heavy atom. The third kappa shape index (κ3) is 5.42. The van der Waals surface area contributed by atoms with Crippen molar-refractivity contribution in [3.8, 4) is 22.6 Å². The van der Waals surface area contributed by atoms with Gasteiger partial charge < -0.3 is 0 Å². The van der Waals surface area contributed by atoms with E-state index in [9.17, 15) is 26.7 Å². The standard InChI is InChI=1S/C31H20F5N9O/c32-20-8-4-10-24(12-20)44-17-22(38-40-44)15-42-28-26(31(34,35)36)14-27(19-6-2-1-3-7-19)37-29(28)43(30(42)46)16-23-18-45(41-39-23)25-11-5-9-21(33)13-25/h1-14,17-18H,15-16H2. The Hall–Kier alpha value is -5.99. The maximum atomic E-state index is 14.7. The minimum Gasteiger partial charge on any atom is -0.284 e. The summed E-state index contributed by atoms with van der Waals surface area (Å²) in [5.41, 5.74) is -1.13. The van der Waals surface area contributed by atoms with E-state index in [4.69, 9.17) is 0 Å². The summed E-state index contributed by atoms with van der Waals surface area (Å²) in [6, 6.07) is 20.3. The van der Waals surface area contributed by atoms with Crippen LogP contribution in [0.4, 0.5) is 22.0 Å². The molecule has 0 saturated heterocycles. The highest BCUT2D eigenvalue weighted by atomic mass is 19.4. The summed E-state index contributed by atoms with van der Waals surface area (Å²) in [4.78, 5) is 18.5. The van der Waals surface area contributed by atoms with Crippen LogP contribution in [0.1, 0.15) is 17.0 Å². The smallest absolute Gasteiger partial charge is 0.284 e. The average Bonchev–Trinajstić information content (AvgIpc) is 3.77. The highest BCUT2D eigenvalue weighted by Crippen LogP contribution is 2.37. The van der Waals surface area contributed by atoms with Crippen LogP contribution in [0.25, 0.3) is 33.8 Å². The summed E-state index contributed by atoms with van der Waals surface area (Å²) < 4.78 is 76.3. The topological polar surface area (TPSA) is 101 Å². The van der Waals surface area contributed by atoms with E-state index in [0.29, 0.717) is 16.9 Å². The van der Waals surface area contributed by atoms with Crippen LogP contribution in [0.3, 0.4) is 0 Å². The lowest BCUT2D eigenvalue weighted by Gasteiger charge is -2.12. The van der Waals surface area contributed by atoms with Crippen LogP contribution in [0, 0.1) is 11.6 Å². The summed E-state index contributed by atoms with van der Waals surface area (Å²) in [6.45, 7) is -0.695. The van der Waals surface area contributed by atoms with Crippen molar-refractivity contribution < 1.29 is 22.0 Å². The van der Waals surface area contributed by atoms with E-state index < -0.39 is 41.1 Å². The second kappa shape index (κ2) is 11.2. The van der Waals surface area contributed by atoms with Gasteiger partial charge in [0.1, 0.15) is 28.5 Å². The van der Waals surface area contributed by atoms with Gasteiger partial charge in [-0.3, -0.25) is 9.13 Å². The SMILES string of the molecule is O=c1n(Cc2cn(-c3cccc(F)c3)nn2)c2nc(-c3ccccc3)cc(C(F)(F)F)c2n1Cc1cn(-c2cccc(F)c2)nn1. The number of hydrogen-bond donors (Lipinski definition) is 0. The highest BCUT2D eigenvalue weighted by Gasteiger charge is 2.37. The second-order valence-electron chi connectivity index (χ2n) is 10.3. The molecule has 0 aliphatic carbocycles. The molecule has 3 aromatic carbocycles. The first-order chi connectivity index (χ1) is 22.1. The van der Waals surface area contributed by atoms with Crippen LogP contribution in [0.5, 0.6) is 0 Å². The Balaban J connectivity index is 1.38. The molecule has 0 fully saturated rings. The number of pyridine rings is 1. The van der Waals surface area contributed by atoms with Gasteiger partial charge in [0.2, 0.25) is 0 Å². The minimum atomic E-state index is -4.87. The Kier molecular flexibility index (Phi) is 6.99. The largest absolute Gasteiger partial charge is 0.418 e. The Morgan fingerprint density at radius 2 is 1.24 bits per heavy atom. The summed E-state index contributed by atoms with van der Waals surface area (Å²) in [5, 5.41) is 16.1. The molecule has 0 spiro atoms. The fourth-order valence-electron chi connectivity index (χ4n) is 5.13. The van der Waals surface area contributed by atoms with Gasteiger partial charge in [-0.1, -0.05) is 52.9 Å². The number of alkyl halides is 3. The van der Waals surface area contributed by atoms with E-state index in [2.05, 4.69) is 25.6 Å². The molecule has 0 amide bonds. The molecular formula is C31H20F5N9O. The van der Waals surface area contributed by atoms with Gasteiger partial charge in [-0.15, -0.1) is 10.2 Å². The normalized spacial score (nSPS) is 11.8. The van der Waals surface area contributed by atoms with Crippen molar-refractivity contribution in [2.75, 3.05) is 0 Å². The minimum absolute atomic E-state index is 0.00629. The van der Waals surface area contributed by atoms with Crippen LogP contribution in [0.2, 0.25) is 0 Å². The summed E-state index contributed by atoms with van der Waals surface area (Å²) >= 11 is 0. The lowest BCUT2D eigenvalue weighted by molar-refractivity contribution is -0.136. The molecule has 46 heavy (non-hydrogen) atoms. The molecule has 10 nitrogen and oxygen atoms in total. The number of hydrogen-bond acceptors (Lipinski definition) is 6. The number of benzene rings is 3. The molecule has 0 radical (unpaired) electrons. The summed E-state index contributed by atoms with van der Waals surface area (Å²) in [6.07, 6.45) is -2.03. The van der Waals surface area contributed by atoms with Gasteiger partial charge >= 0.3 is 11.9 Å². The molecule has 0 atom stereocenters. The van der Waals surface area contributed by atoms with E-state index >= 15 is 0 Å². The van der Waals surface area contributed by atoms with E-state index in [1.165, 1.54) is 58.2 Å². The van der Waals surface area contributed by atoms with Gasteiger partial charge in [0.25, 0.3) is 0 Å². The van der Waals surface area contributed by atoms with Gasteiger partial charge in [0, 0.05) is 5.56 Å². The fourth-order valence-corrected chi connectivity index (χ4v) is 5.13. The first kappa shape index (κ1) is 28.8. The predicted octanol–water partition coefficient (Wildman–Crippen LogP) is 5.42. The van der Waals surface area contributed by atoms with E-state index in [1.807, 2.05) is 0 Å². The van der Waals surface area contributed by atoms with E-state index in [-0.39, 0.29) is 29.3 Å². The van der Waals surface area contributed by atoms with Crippen LogP contribution < -0.4 is 5.69 Å². The molecule has 0 saturated carbocycles. The van der Waals surface area contributed by atoms with Crippen LogP contribution in [-0.4, -0.2) is 44.1 Å². The number of fused-ring (bicyclic) bond motifs is 1. The lowest BCUT2D eigenvalue weighted by Crippen LogP contribution is -2.26. The third-order valence-electron chi connectivity index (χ3n) is 7.20. The Labute approximate surface area is 255 Å². The number of aromatic nitrogens is 9. The van der Waals surface area contributed by atoms with Crippen molar-refractivity contribution in [1.29, 1.82) is 0 Å². The number of imidazole rings is 1. The molecule has 0 aliphatic rings. The second-order valence-corrected chi connectivity index (χ2v) is 10.3. The van der Waals surface area contributed by atoms with E-state index in [0.717, 1.165) is 15.2 Å². The molecule has 0 unspecified atom stereocenters. The van der Waals surface area contributed by atoms with Crippen LogP contribution in [0.15, 0.2) is 102 Å². The first-order valence-electron chi connectivity index (χ1n) is 13.7. The Morgan fingerprint density at radius 3 is 1.78 bits per heavy atom. The Bertz CT molecular complexity index is 2270. The zero-order valence-corrected chi connectivity index (χ0v) is 23.5. The van der Waals surface area contributed by atoms with Gasteiger partial charge in [0.15, 0.2) is 5.65 Å². The molecule has 7 rings (SSSR count). The maximum absolute atomic E-state index is 14.7. The number of nitrogens with zero attached hydrogens (tertiary/aromatic N) is 9.